The van der Waals surface area contributed by atoms with Crippen LogP contribution in [0.15, 0.2) is 21.6 Å². The Morgan fingerprint density at radius 3 is 2.65 bits per heavy atom. The summed E-state index contributed by atoms with van der Waals surface area (Å²) in [6.07, 6.45) is 9.85. The smallest absolute Gasteiger partial charge is 0.287 e. The molecule has 112 valence electrons. The monoisotopic (exact) mass is 296 g/mol. The Morgan fingerprint density at radius 1 is 1.25 bits per heavy atom. The first kappa shape index (κ1) is 15.4. The van der Waals surface area contributed by atoms with Gasteiger partial charge in [0, 0.05) is 19.1 Å². The average Bonchev–Trinajstić information content (AvgIpc) is 2.80. The fraction of sp³-hybridized carbons (Fsp3) is 0.667. The first-order valence-corrected chi connectivity index (χ1v) is 8.67. The van der Waals surface area contributed by atoms with Gasteiger partial charge in [0.25, 0.3) is 5.91 Å². The minimum Gasteiger partial charge on any atom is -0.445 e. The number of amides is 1. The Kier molecular flexibility index (Phi) is 6.47. The zero-order valence-corrected chi connectivity index (χ0v) is 12.9. The lowest BCUT2D eigenvalue weighted by atomic mass is 10.1. The molecule has 1 aromatic rings. The Balaban J connectivity index is 1.63. The van der Waals surface area contributed by atoms with Crippen LogP contribution in [0.3, 0.4) is 0 Å². The number of carbonyl (C=O) groups excluding carboxylic acids is 1. The fourth-order valence-electron chi connectivity index (χ4n) is 2.57. The number of thioether (sulfide) groups is 1. The van der Waals surface area contributed by atoms with Crippen LogP contribution in [-0.2, 0) is 0 Å². The molecule has 5 heteroatoms. The van der Waals surface area contributed by atoms with Crippen molar-refractivity contribution in [1.29, 1.82) is 0 Å². The van der Waals surface area contributed by atoms with E-state index in [1.54, 1.807) is 6.07 Å². The third-order valence-electron chi connectivity index (χ3n) is 3.71. The van der Waals surface area contributed by atoms with Crippen molar-refractivity contribution in [2.75, 3.05) is 19.3 Å². The number of hydrogen-bond acceptors (Lipinski definition) is 4. The summed E-state index contributed by atoms with van der Waals surface area (Å²) >= 11 is 1.50. The van der Waals surface area contributed by atoms with E-state index >= 15 is 0 Å². The third kappa shape index (κ3) is 4.87. The summed E-state index contributed by atoms with van der Waals surface area (Å²) in [6, 6.07) is 4.17. The van der Waals surface area contributed by atoms with Crippen LogP contribution in [0.2, 0.25) is 0 Å². The summed E-state index contributed by atoms with van der Waals surface area (Å²) in [5.41, 5.74) is 0. The van der Waals surface area contributed by atoms with Gasteiger partial charge in [0.15, 0.2) is 10.9 Å². The van der Waals surface area contributed by atoms with E-state index in [9.17, 15) is 4.79 Å². The van der Waals surface area contributed by atoms with Crippen molar-refractivity contribution in [2.24, 2.45) is 0 Å². The largest absolute Gasteiger partial charge is 0.445 e. The standard InChI is InChI=1S/C15H24N2O2S/c1-20-14-9-8-13(19-14)15(18)17-11-10-16-12-6-4-2-3-5-7-12/h8-9,12,16H,2-7,10-11H2,1H3,(H,17,18). The molecule has 1 fully saturated rings. The molecule has 4 nitrogen and oxygen atoms in total. The molecule has 20 heavy (non-hydrogen) atoms. The highest BCUT2D eigenvalue weighted by Gasteiger charge is 2.12. The Labute approximate surface area is 125 Å². The minimum atomic E-state index is -0.132. The summed E-state index contributed by atoms with van der Waals surface area (Å²) in [7, 11) is 0. The van der Waals surface area contributed by atoms with Crippen LogP contribution < -0.4 is 10.6 Å². The Morgan fingerprint density at radius 2 is 2.00 bits per heavy atom. The molecule has 2 rings (SSSR count). The van der Waals surface area contributed by atoms with Crippen LogP contribution in [-0.4, -0.2) is 31.3 Å². The molecule has 0 atom stereocenters. The van der Waals surface area contributed by atoms with E-state index in [-0.39, 0.29) is 5.91 Å². The van der Waals surface area contributed by atoms with Gasteiger partial charge in [-0.3, -0.25) is 4.79 Å². The summed E-state index contributed by atoms with van der Waals surface area (Å²) in [5, 5.41) is 7.19. The molecular weight excluding hydrogens is 272 g/mol. The number of hydrogen-bond donors (Lipinski definition) is 2. The molecule has 0 radical (unpaired) electrons. The maximum Gasteiger partial charge on any atom is 0.287 e. The van der Waals surface area contributed by atoms with Gasteiger partial charge in [0.1, 0.15) is 0 Å². The topological polar surface area (TPSA) is 54.3 Å². The van der Waals surface area contributed by atoms with E-state index in [1.165, 1.54) is 50.3 Å². The second kappa shape index (κ2) is 8.37. The Bertz CT molecular complexity index is 412. The lowest BCUT2D eigenvalue weighted by molar-refractivity contribution is 0.0921. The molecule has 1 aromatic heterocycles. The van der Waals surface area contributed by atoms with Gasteiger partial charge in [0.2, 0.25) is 0 Å². The first-order chi connectivity index (χ1) is 9.79. The number of carbonyl (C=O) groups is 1. The van der Waals surface area contributed by atoms with Gasteiger partial charge in [-0.1, -0.05) is 37.4 Å². The molecular formula is C15H24N2O2S. The van der Waals surface area contributed by atoms with Crippen molar-refractivity contribution in [2.45, 2.75) is 49.7 Å². The predicted octanol–water partition coefficient (Wildman–Crippen LogP) is 3.04. The molecule has 0 bridgehead atoms. The van der Waals surface area contributed by atoms with Gasteiger partial charge in [0.05, 0.1) is 0 Å². The first-order valence-electron chi connectivity index (χ1n) is 7.45. The summed E-state index contributed by atoms with van der Waals surface area (Å²) < 4.78 is 5.39. The van der Waals surface area contributed by atoms with E-state index in [1.807, 2.05) is 12.3 Å². The quantitative estimate of drug-likeness (QED) is 0.481. The second-order valence-electron chi connectivity index (χ2n) is 5.22. The number of rotatable bonds is 6. The molecule has 0 spiro atoms. The molecule has 1 aliphatic rings. The van der Waals surface area contributed by atoms with Gasteiger partial charge in [-0.25, -0.2) is 0 Å². The van der Waals surface area contributed by atoms with Crippen LogP contribution in [0.5, 0.6) is 0 Å². The van der Waals surface area contributed by atoms with Crippen molar-refractivity contribution in [3.63, 3.8) is 0 Å². The van der Waals surface area contributed by atoms with Crippen molar-refractivity contribution < 1.29 is 9.21 Å². The molecule has 0 saturated heterocycles. The van der Waals surface area contributed by atoms with Crippen LogP contribution in [0.4, 0.5) is 0 Å². The van der Waals surface area contributed by atoms with E-state index in [0.29, 0.717) is 18.3 Å². The lowest BCUT2D eigenvalue weighted by Crippen LogP contribution is -2.36. The highest BCUT2D eigenvalue weighted by Crippen LogP contribution is 2.18. The van der Waals surface area contributed by atoms with Gasteiger partial charge in [-0.2, -0.15) is 0 Å². The molecule has 1 amide bonds. The summed E-state index contributed by atoms with van der Waals surface area (Å²) in [5.74, 6) is 0.261. The second-order valence-corrected chi connectivity index (χ2v) is 6.03. The normalized spacial score (nSPS) is 16.9. The molecule has 1 aliphatic carbocycles. The predicted molar refractivity (Wildman–Crippen MR) is 82.3 cm³/mol. The van der Waals surface area contributed by atoms with E-state index in [0.717, 1.165) is 11.6 Å². The van der Waals surface area contributed by atoms with Crippen molar-refractivity contribution in [1.82, 2.24) is 10.6 Å². The highest BCUT2D eigenvalue weighted by molar-refractivity contribution is 7.98. The summed E-state index contributed by atoms with van der Waals surface area (Å²) in [4.78, 5) is 11.8. The lowest BCUT2D eigenvalue weighted by Gasteiger charge is -2.16. The molecule has 0 aromatic carbocycles. The zero-order chi connectivity index (χ0) is 14.2. The van der Waals surface area contributed by atoms with Crippen LogP contribution in [0.25, 0.3) is 0 Å². The van der Waals surface area contributed by atoms with E-state index in [2.05, 4.69) is 10.6 Å². The van der Waals surface area contributed by atoms with Gasteiger partial charge < -0.3 is 15.1 Å². The molecule has 1 saturated carbocycles. The molecule has 0 unspecified atom stereocenters. The Hall–Kier alpha value is -0.940. The van der Waals surface area contributed by atoms with Crippen molar-refractivity contribution in [3.8, 4) is 0 Å². The van der Waals surface area contributed by atoms with Gasteiger partial charge >= 0.3 is 0 Å². The molecule has 2 N–H and O–H groups in total. The van der Waals surface area contributed by atoms with E-state index < -0.39 is 0 Å². The SMILES string of the molecule is CSc1ccc(C(=O)NCCNC2CCCCCC2)o1. The van der Waals surface area contributed by atoms with Crippen molar-refractivity contribution in [3.05, 3.63) is 17.9 Å². The molecule has 1 heterocycles. The van der Waals surface area contributed by atoms with Gasteiger partial charge in [-0.05, 0) is 31.2 Å². The van der Waals surface area contributed by atoms with Crippen LogP contribution >= 0.6 is 11.8 Å². The van der Waals surface area contributed by atoms with Crippen molar-refractivity contribution >= 4 is 17.7 Å². The van der Waals surface area contributed by atoms with E-state index in [4.69, 9.17) is 4.42 Å². The minimum absolute atomic E-state index is 0.132. The molecule has 0 aliphatic heterocycles. The van der Waals surface area contributed by atoms with Crippen LogP contribution in [0, 0.1) is 0 Å². The average molecular weight is 296 g/mol. The number of furan rings is 1. The maximum absolute atomic E-state index is 11.8. The maximum atomic E-state index is 11.8. The fourth-order valence-corrected chi connectivity index (χ4v) is 2.95. The highest BCUT2D eigenvalue weighted by atomic mass is 32.2. The van der Waals surface area contributed by atoms with Crippen LogP contribution in [0.1, 0.15) is 49.1 Å². The van der Waals surface area contributed by atoms with Gasteiger partial charge in [-0.15, -0.1) is 0 Å². The summed E-state index contributed by atoms with van der Waals surface area (Å²) in [6.45, 7) is 1.47. The third-order valence-corrected chi connectivity index (χ3v) is 4.33. The number of nitrogens with one attached hydrogen (secondary N) is 2. The zero-order valence-electron chi connectivity index (χ0n) is 12.1.